The predicted octanol–water partition coefficient (Wildman–Crippen LogP) is 4.77. The van der Waals surface area contributed by atoms with Gasteiger partial charge >= 0.3 is 0 Å². The normalized spacial score (nSPS) is 13.2. The van der Waals surface area contributed by atoms with Crippen LogP contribution in [0.4, 0.5) is 0 Å². The number of hydrogen-bond donors (Lipinski definition) is 1. The highest BCUT2D eigenvalue weighted by atomic mass is 16.5. The molecule has 0 saturated heterocycles. The highest BCUT2D eigenvalue weighted by molar-refractivity contribution is 5.78. The van der Waals surface area contributed by atoms with Crippen molar-refractivity contribution in [1.29, 1.82) is 0 Å². The lowest BCUT2D eigenvalue weighted by Crippen LogP contribution is -2.15. The van der Waals surface area contributed by atoms with E-state index < -0.39 is 0 Å². The first-order valence-corrected chi connectivity index (χ1v) is 8.95. The van der Waals surface area contributed by atoms with E-state index in [1.165, 1.54) is 27.8 Å². The molecule has 0 fully saturated rings. The van der Waals surface area contributed by atoms with Crippen LogP contribution in [0.5, 0.6) is 5.75 Å². The third-order valence-corrected chi connectivity index (χ3v) is 5.09. The number of nitrogens with two attached hydrogens (primary N) is 1. The number of rotatable bonds is 6. The third-order valence-electron chi connectivity index (χ3n) is 5.09. The van der Waals surface area contributed by atoms with Crippen molar-refractivity contribution in [2.75, 3.05) is 13.2 Å². The van der Waals surface area contributed by atoms with Crippen molar-refractivity contribution < 1.29 is 4.74 Å². The second kappa shape index (κ2) is 7.12. The summed E-state index contributed by atoms with van der Waals surface area (Å²) in [5.74, 6) is 1.35. The molecule has 126 valence electrons. The molecule has 2 heteroatoms. The van der Waals surface area contributed by atoms with Crippen molar-refractivity contribution in [2.24, 2.45) is 5.73 Å². The van der Waals surface area contributed by atoms with Gasteiger partial charge in [-0.3, -0.25) is 0 Å². The molecule has 3 aromatic rings. The predicted molar refractivity (Wildman–Crippen MR) is 103 cm³/mol. The molecule has 1 aliphatic rings. The van der Waals surface area contributed by atoms with E-state index in [1.54, 1.807) is 0 Å². The summed E-state index contributed by atoms with van der Waals surface area (Å²) in [4.78, 5) is 0. The van der Waals surface area contributed by atoms with E-state index in [0.29, 0.717) is 19.1 Å². The minimum absolute atomic E-state index is 0.343. The summed E-state index contributed by atoms with van der Waals surface area (Å²) in [6.07, 6.45) is 1.89. The Morgan fingerprint density at radius 2 is 1.60 bits per heavy atom. The first kappa shape index (κ1) is 15.9. The molecule has 25 heavy (non-hydrogen) atoms. The van der Waals surface area contributed by atoms with Gasteiger partial charge in [0.1, 0.15) is 5.75 Å². The fourth-order valence-electron chi connectivity index (χ4n) is 3.72. The summed E-state index contributed by atoms with van der Waals surface area (Å²) in [6.45, 7) is 1.33. The molecule has 4 rings (SSSR count). The first-order chi connectivity index (χ1) is 12.4. The van der Waals surface area contributed by atoms with Crippen molar-refractivity contribution >= 4 is 0 Å². The van der Waals surface area contributed by atoms with Crippen molar-refractivity contribution in [3.63, 3.8) is 0 Å². The molecule has 2 nitrogen and oxygen atoms in total. The molecule has 1 atom stereocenters. The maximum atomic E-state index is 6.18. The molecule has 0 heterocycles. The molecule has 2 N–H and O–H groups in total. The smallest absolute Gasteiger partial charge is 0.123 e. The molecule has 0 radical (unpaired) electrons. The second-order valence-electron chi connectivity index (χ2n) is 6.60. The monoisotopic (exact) mass is 329 g/mol. The zero-order chi connectivity index (χ0) is 17.1. The molecule has 0 amide bonds. The Kier molecular flexibility index (Phi) is 4.53. The summed E-state index contributed by atoms with van der Waals surface area (Å²) in [5, 5.41) is 0. The topological polar surface area (TPSA) is 35.2 Å². The van der Waals surface area contributed by atoms with E-state index >= 15 is 0 Å². The summed E-state index contributed by atoms with van der Waals surface area (Å²) >= 11 is 0. The van der Waals surface area contributed by atoms with Crippen molar-refractivity contribution in [1.82, 2.24) is 0 Å². The number of ether oxygens (including phenoxy) is 1. The molecule has 0 bridgehead atoms. The van der Waals surface area contributed by atoms with Gasteiger partial charge in [-0.05, 0) is 47.2 Å². The lowest BCUT2D eigenvalue weighted by Gasteiger charge is -2.17. The van der Waals surface area contributed by atoms with Crippen LogP contribution >= 0.6 is 0 Å². The largest absolute Gasteiger partial charge is 0.493 e. The molecule has 1 aliphatic carbocycles. The molecular weight excluding hydrogens is 306 g/mol. The summed E-state index contributed by atoms with van der Waals surface area (Å²) in [6, 6.07) is 25.5. The molecule has 0 spiro atoms. The molecule has 0 saturated carbocycles. The van der Waals surface area contributed by atoms with Gasteiger partial charge in [0.05, 0.1) is 6.61 Å². The van der Waals surface area contributed by atoms with Gasteiger partial charge in [0, 0.05) is 12.0 Å². The van der Waals surface area contributed by atoms with E-state index in [-0.39, 0.29) is 0 Å². The fourth-order valence-corrected chi connectivity index (χ4v) is 3.72. The van der Waals surface area contributed by atoms with Gasteiger partial charge in [-0.25, -0.2) is 0 Å². The van der Waals surface area contributed by atoms with Crippen LogP contribution in [0.2, 0.25) is 0 Å². The minimum Gasteiger partial charge on any atom is -0.493 e. The fraction of sp³-hybridized carbons (Fsp3) is 0.217. The lowest BCUT2D eigenvalue weighted by molar-refractivity contribution is 0.296. The number of benzene rings is 3. The summed E-state index contributed by atoms with van der Waals surface area (Å²) in [7, 11) is 0. The van der Waals surface area contributed by atoms with E-state index in [4.69, 9.17) is 10.5 Å². The van der Waals surface area contributed by atoms with Crippen LogP contribution < -0.4 is 10.5 Å². The van der Waals surface area contributed by atoms with Crippen LogP contribution in [0.15, 0.2) is 72.8 Å². The van der Waals surface area contributed by atoms with Gasteiger partial charge < -0.3 is 10.5 Å². The molecule has 0 aromatic heterocycles. The number of fused-ring (bicyclic) bond motifs is 3. The van der Waals surface area contributed by atoms with Crippen molar-refractivity contribution in [2.45, 2.75) is 18.8 Å². The third kappa shape index (κ3) is 3.18. The van der Waals surface area contributed by atoms with Crippen LogP contribution in [0.3, 0.4) is 0 Å². The second-order valence-corrected chi connectivity index (χ2v) is 6.60. The Morgan fingerprint density at radius 1 is 0.840 bits per heavy atom. The van der Waals surface area contributed by atoms with Crippen molar-refractivity contribution in [3.8, 4) is 16.9 Å². The van der Waals surface area contributed by atoms with Gasteiger partial charge in [-0.1, -0.05) is 66.7 Å². The van der Waals surface area contributed by atoms with E-state index in [1.807, 2.05) is 6.07 Å². The average Bonchev–Trinajstić information content (AvgIpc) is 3.05. The number of hydrogen-bond acceptors (Lipinski definition) is 2. The highest BCUT2D eigenvalue weighted by Crippen LogP contribution is 2.41. The van der Waals surface area contributed by atoms with Crippen LogP contribution in [0.1, 0.15) is 29.0 Å². The molecular formula is C23H23NO. The van der Waals surface area contributed by atoms with Crippen LogP contribution in [-0.2, 0) is 6.42 Å². The van der Waals surface area contributed by atoms with Crippen LogP contribution in [0, 0.1) is 0 Å². The van der Waals surface area contributed by atoms with Crippen molar-refractivity contribution in [3.05, 3.63) is 89.5 Å². The summed E-state index contributed by atoms with van der Waals surface area (Å²) < 4.78 is 6.18. The van der Waals surface area contributed by atoms with Gasteiger partial charge in [0.15, 0.2) is 0 Å². The van der Waals surface area contributed by atoms with Crippen LogP contribution in [0.25, 0.3) is 11.1 Å². The molecule has 3 aromatic carbocycles. The van der Waals surface area contributed by atoms with Gasteiger partial charge in [-0.15, -0.1) is 0 Å². The molecule has 0 aliphatic heterocycles. The van der Waals surface area contributed by atoms with E-state index in [9.17, 15) is 0 Å². The lowest BCUT2D eigenvalue weighted by atomic mass is 9.96. The summed E-state index contributed by atoms with van der Waals surface area (Å²) in [5.41, 5.74) is 12.6. The van der Waals surface area contributed by atoms with Crippen LogP contribution in [-0.4, -0.2) is 13.2 Å². The highest BCUT2D eigenvalue weighted by Gasteiger charge is 2.21. The van der Waals surface area contributed by atoms with Gasteiger partial charge in [0.2, 0.25) is 0 Å². The standard InChI is InChI=1S/C23H23NO/c24-16-19(17-7-2-1-3-8-17)13-14-25-23-12-6-11-21-20-10-5-4-9-18(20)15-22(21)23/h1-12,19H,13-16,24H2. The Balaban J connectivity index is 1.46. The minimum atomic E-state index is 0.343. The Labute approximate surface area is 149 Å². The Hall–Kier alpha value is -2.58. The maximum Gasteiger partial charge on any atom is 0.123 e. The Bertz CT molecular complexity index is 857. The quantitative estimate of drug-likeness (QED) is 0.553. The van der Waals surface area contributed by atoms with Gasteiger partial charge in [0.25, 0.3) is 0 Å². The average molecular weight is 329 g/mol. The maximum absolute atomic E-state index is 6.18. The van der Waals surface area contributed by atoms with E-state index in [0.717, 1.165) is 18.6 Å². The zero-order valence-corrected chi connectivity index (χ0v) is 14.3. The first-order valence-electron chi connectivity index (χ1n) is 8.95. The van der Waals surface area contributed by atoms with Gasteiger partial charge in [-0.2, -0.15) is 0 Å². The molecule has 1 unspecified atom stereocenters. The Morgan fingerprint density at radius 3 is 2.44 bits per heavy atom. The SMILES string of the molecule is NCC(CCOc1cccc2c1Cc1ccccc1-2)c1ccccc1. The zero-order valence-electron chi connectivity index (χ0n) is 14.3. The van der Waals surface area contributed by atoms with E-state index in [2.05, 4.69) is 66.7 Å².